The van der Waals surface area contributed by atoms with E-state index in [0.717, 1.165) is 26.0 Å². The zero-order chi connectivity index (χ0) is 13.4. The smallest absolute Gasteiger partial charge is 0.0477 e. The number of rotatable bonds is 8. The fraction of sp³-hybridized carbons (Fsp3) is 0.625. The van der Waals surface area contributed by atoms with Crippen LogP contribution in [-0.2, 0) is 11.2 Å². The maximum absolute atomic E-state index is 5.21. The lowest BCUT2D eigenvalue weighted by Crippen LogP contribution is -2.33. The third kappa shape index (κ3) is 4.79. The van der Waals surface area contributed by atoms with E-state index in [1.54, 1.807) is 7.11 Å². The molecule has 0 spiro atoms. The number of nitrogens with one attached hydrogen (secondary N) is 1. The highest BCUT2D eigenvalue weighted by Gasteiger charge is 2.11. The molecule has 0 amide bonds. The second kappa shape index (κ2) is 8.28. The summed E-state index contributed by atoms with van der Waals surface area (Å²) in [7, 11) is 1.77. The van der Waals surface area contributed by atoms with Crippen molar-refractivity contribution in [3.05, 3.63) is 34.9 Å². The lowest BCUT2D eigenvalue weighted by molar-refractivity contribution is 0.182. The van der Waals surface area contributed by atoms with Gasteiger partial charge in [0.25, 0.3) is 0 Å². The molecule has 0 bridgehead atoms. The normalized spacial score (nSPS) is 12.7. The SMILES string of the molecule is CCCNC(CCOC)Cc1c(C)cccc1C. The monoisotopic (exact) mass is 249 g/mol. The van der Waals surface area contributed by atoms with Gasteiger partial charge in [-0.3, -0.25) is 0 Å². The number of hydrogen-bond donors (Lipinski definition) is 1. The largest absolute Gasteiger partial charge is 0.385 e. The van der Waals surface area contributed by atoms with Crippen LogP contribution in [-0.4, -0.2) is 26.3 Å². The Balaban J connectivity index is 2.68. The maximum atomic E-state index is 5.21. The van der Waals surface area contributed by atoms with Gasteiger partial charge in [-0.2, -0.15) is 0 Å². The Morgan fingerprint density at radius 2 is 1.89 bits per heavy atom. The second-order valence-electron chi connectivity index (χ2n) is 5.01. The molecule has 0 aliphatic heterocycles. The fourth-order valence-electron chi connectivity index (χ4n) is 2.30. The van der Waals surface area contributed by atoms with E-state index in [0.29, 0.717) is 6.04 Å². The molecule has 1 aromatic carbocycles. The summed E-state index contributed by atoms with van der Waals surface area (Å²) in [6.45, 7) is 8.52. The molecule has 0 aromatic heterocycles. The molecule has 2 nitrogen and oxygen atoms in total. The molecule has 0 aliphatic carbocycles. The Hall–Kier alpha value is -0.860. The highest BCUT2D eigenvalue weighted by Crippen LogP contribution is 2.16. The van der Waals surface area contributed by atoms with Gasteiger partial charge in [0.05, 0.1) is 0 Å². The molecule has 0 saturated carbocycles. The summed E-state index contributed by atoms with van der Waals surface area (Å²) < 4.78 is 5.21. The average molecular weight is 249 g/mol. The minimum Gasteiger partial charge on any atom is -0.385 e. The standard InChI is InChI=1S/C16H27NO/c1-5-10-17-15(9-11-18-4)12-16-13(2)7-6-8-14(16)3/h6-8,15,17H,5,9-12H2,1-4H3. The maximum Gasteiger partial charge on any atom is 0.0477 e. The van der Waals surface area contributed by atoms with Crippen LogP contribution < -0.4 is 5.32 Å². The van der Waals surface area contributed by atoms with Crippen molar-refractivity contribution in [2.24, 2.45) is 0 Å². The van der Waals surface area contributed by atoms with Gasteiger partial charge in [0.1, 0.15) is 0 Å². The Morgan fingerprint density at radius 3 is 2.44 bits per heavy atom. The zero-order valence-electron chi connectivity index (χ0n) is 12.3. The molecule has 0 aliphatic rings. The summed E-state index contributed by atoms with van der Waals surface area (Å²) in [4.78, 5) is 0. The molecule has 0 fully saturated rings. The summed E-state index contributed by atoms with van der Waals surface area (Å²) >= 11 is 0. The van der Waals surface area contributed by atoms with Crippen LogP contribution in [0.3, 0.4) is 0 Å². The van der Waals surface area contributed by atoms with Crippen molar-refractivity contribution in [2.45, 2.75) is 46.1 Å². The predicted molar refractivity (Wildman–Crippen MR) is 78.2 cm³/mol. The van der Waals surface area contributed by atoms with E-state index in [-0.39, 0.29) is 0 Å². The van der Waals surface area contributed by atoms with Gasteiger partial charge in [-0.15, -0.1) is 0 Å². The van der Waals surface area contributed by atoms with Crippen molar-refractivity contribution in [3.8, 4) is 0 Å². The summed E-state index contributed by atoms with van der Waals surface area (Å²) in [5.41, 5.74) is 4.29. The summed E-state index contributed by atoms with van der Waals surface area (Å²) in [6.07, 6.45) is 3.35. The molecule has 0 heterocycles. The third-order valence-electron chi connectivity index (χ3n) is 3.45. The lowest BCUT2D eigenvalue weighted by Gasteiger charge is -2.20. The van der Waals surface area contributed by atoms with Gasteiger partial charge in [0.2, 0.25) is 0 Å². The van der Waals surface area contributed by atoms with Gasteiger partial charge in [0, 0.05) is 19.8 Å². The molecular weight excluding hydrogens is 222 g/mol. The minimum absolute atomic E-state index is 0.518. The summed E-state index contributed by atoms with van der Waals surface area (Å²) in [5, 5.41) is 3.63. The summed E-state index contributed by atoms with van der Waals surface area (Å²) in [5.74, 6) is 0. The molecule has 0 saturated heterocycles. The van der Waals surface area contributed by atoms with E-state index in [9.17, 15) is 0 Å². The molecule has 18 heavy (non-hydrogen) atoms. The first-order chi connectivity index (χ1) is 8.69. The summed E-state index contributed by atoms with van der Waals surface area (Å²) in [6, 6.07) is 7.06. The second-order valence-corrected chi connectivity index (χ2v) is 5.01. The predicted octanol–water partition coefficient (Wildman–Crippen LogP) is 3.25. The highest BCUT2D eigenvalue weighted by molar-refractivity contribution is 5.34. The van der Waals surface area contributed by atoms with Gasteiger partial charge in [-0.25, -0.2) is 0 Å². The van der Waals surface area contributed by atoms with Crippen molar-refractivity contribution >= 4 is 0 Å². The quantitative estimate of drug-likeness (QED) is 0.763. The molecule has 102 valence electrons. The van der Waals surface area contributed by atoms with Gasteiger partial charge >= 0.3 is 0 Å². The number of benzene rings is 1. The van der Waals surface area contributed by atoms with Gasteiger partial charge < -0.3 is 10.1 Å². The number of hydrogen-bond acceptors (Lipinski definition) is 2. The Labute approximate surface area is 112 Å². The van der Waals surface area contributed by atoms with Gasteiger partial charge in [-0.05, 0) is 56.3 Å². The van der Waals surface area contributed by atoms with Gasteiger partial charge in [-0.1, -0.05) is 25.1 Å². The Morgan fingerprint density at radius 1 is 1.22 bits per heavy atom. The van der Waals surface area contributed by atoms with Gasteiger partial charge in [0.15, 0.2) is 0 Å². The van der Waals surface area contributed by atoms with Crippen molar-refractivity contribution in [1.82, 2.24) is 5.32 Å². The Kier molecular flexibility index (Phi) is 6.99. The molecule has 2 heteroatoms. The van der Waals surface area contributed by atoms with Crippen LogP contribution in [0.1, 0.15) is 36.5 Å². The number of ether oxygens (including phenoxy) is 1. The van der Waals surface area contributed by atoms with Crippen LogP contribution in [0.2, 0.25) is 0 Å². The Bertz CT molecular complexity index is 321. The van der Waals surface area contributed by atoms with Crippen LogP contribution in [0.5, 0.6) is 0 Å². The van der Waals surface area contributed by atoms with Crippen LogP contribution in [0.15, 0.2) is 18.2 Å². The van der Waals surface area contributed by atoms with E-state index >= 15 is 0 Å². The number of methoxy groups -OCH3 is 1. The van der Waals surface area contributed by atoms with Crippen molar-refractivity contribution in [2.75, 3.05) is 20.3 Å². The first-order valence-corrected chi connectivity index (χ1v) is 6.96. The van der Waals surface area contributed by atoms with E-state index in [1.165, 1.54) is 23.1 Å². The molecular formula is C16H27NO. The van der Waals surface area contributed by atoms with Crippen LogP contribution in [0, 0.1) is 13.8 Å². The zero-order valence-corrected chi connectivity index (χ0v) is 12.3. The van der Waals surface area contributed by atoms with E-state index < -0.39 is 0 Å². The lowest BCUT2D eigenvalue weighted by atomic mass is 9.95. The molecule has 1 atom stereocenters. The topological polar surface area (TPSA) is 21.3 Å². The average Bonchev–Trinajstić information content (AvgIpc) is 2.36. The fourth-order valence-corrected chi connectivity index (χ4v) is 2.30. The van der Waals surface area contributed by atoms with Crippen LogP contribution in [0.25, 0.3) is 0 Å². The van der Waals surface area contributed by atoms with Crippen molar-refractivity contribution in [3.63, 3.8) is 0 Å². The van der Waals surface area contributed by atoms with E-state index in [2.05, 4.69) is 44.3 Å². The molecule has 1 unspecified atom stereocenters. The van der Waals surface area contributed by atoms with Crippen molar-refractivity contribution < 1.29 is 4.74 Å². The highest BCUT2D eigenvalue weighted by atomic mass is 16.5. The molecule has 1 N–H and O–H groups in total. The third-order valence-corrected chi connectivity index (χ3v) is 3.45. The molecule has 1 rings (SSSR count). The number of aryl methyl sites for hydroxylation is 2. The van der Waals surface area contributed by atoms with E-state index in [1.807, 2.05) is 0 Å². The first kappa shape index (κ1) is 15.2. The van der Waals surface area contributed by atoms with Crippen molar-refractivity contribution in [1.29, 1.82) is 0 Å². The first-order valence-electron chi connectivity index (χ1n) is 6.96. The molecule has 1 aromatic rings. The molecule has 0 radical (unpaired) electrons. The van der Waals surface area contributed by atoms with Crippen LogP contribution in [0.4, 0.5) is 0 Å². The van der Waals surface area contributed by atoms with Crippen LogP contribution >= 0.6 is 0 Å². The minimum atomic E-state index is 0.518. The van der Waals surface area contributed by atoms with E-state index in [4.69, 9.17) is 4.74 Å².